The first kappa shape index (κ1) is 10.6. The van der Waals surface area contributed by atoms with E-state index in [1.807, 2.05) is 0 Å². The molecule has 1 aromatic heterocycles. The molecule has 2 N–H and O–H groups in total. The summed E-state index contributed by atoms with van der Waals surface area (Å²) in [5.74, 6) is -0.627. The Labute approximate surface area is 89.9 Å². The van der Waals surface area contributed by atoms with Gasteiger partial charge >= 0.3 is 0 Å². The van der Waals surface area contributed by atoms with Gasteiger partial charge in [-0.3, -0.25) is 0 Å². The maximum Gasteiger partial charge on any atom is 0.166 e. The van der Waals surface area contributed by atoms with Crippen molar-refractivity contribution in [3.05, 3.63) is 27.8 Å². The molecule has 0 fully saturated rings. The topological polar surface area (TPSA) is 38.9 Å². The molecule has 6 heteroatoms. The second-order valence-corrected chi connectivity index (χ2v) is 3.59. The Bertz CT molecular complexity index is 357. The molecule has 1 heterocycles. The first-order valence-corrected chi connectivity index (χ1v) is 4.46. The summed E-state index contributed by atoms with van der Waals surface area (Å²) < 4.78 is 12.9. The summed E-state index contributed by atoms with van der Waals surface area (Å²) >= 11 is 15.7. The second kappa shape index (κ2) is 4.17. The van der Waals surface area contributed by atoms with Gasteiger partial charge in [-0.1, -0.05) is 35.4 Å². The van der Waals surface area contributed by atoms with Crippen LogP contribution >= 0.6 is 35.4 Å². The van der Waals surface area contributed by atoms with Gasteiger partial charge < -0.3 is 5.73 Å². The fourth-order valence-corrected chi connectivity index (χ4v) is 1.34. The highest BCUT2D eigenvalue weighted by molar-refractivity contribution is 7.80. The standard InChI is InChI=1S/C7H5Cl2FN2S/c8-6-3(2-5(11)13)1-4(10)7(9)12-6/h1H,2H2,(H2,11,13). The van der Waals surface area contributed by atoms with Gasteiger partial charge in [-0.2, -0.15) is 0 Å². The van der Waals surface area contributed by atoms with E-state index in [9.17, 15) is 4.39 Å². The van der Waals surface area contributed by atoms with Crippen molar-refractivity contribution in [1.29, 1.82) is 0 Å². The molecular weight excluding hydrogens is 234 g/mol. The lowest BCUT2D eigenvalue weighted by molar-refractivity contribution is 0.620. The monoisotopic (exact) mass is 238 g/mol. The van der Waals surface area contributed by atoms with E-state index < -0.39 is 5.82 Å². The number of halogens is 3. The van der Waals surface area contributed by atoms with Gasteiger partial charge in [0.15, 0.2) is 11.0 Å². The second-order valence-electron chi connectivity index (χ2n) is 2.35. The van der Waals surface area contributed by atoms with Crippen molar-refractivity contribution in [2.75, 3.05) is 0 Å². The summed E-state index contributed by atoms with van der Waals surface area (Å²) in [6.45, 7) is 0. The Balaban J connectivity index is 3.08. The smallest absolute Gasteiger partial charge is 0.166 e. The predicted molar refractivity (Wildman–Crippen MR) is 54.7 cm³/mol. The molecule has 0 aromatic carbocycles. The number of pyridine rings is 1. The maximum absolute atomic E-state index is 12.9. The zero-order valence-electron chi connectivity index (χ0n) is 6.35. The van der Waals surface area contributed by atoms with Gasteiger partial charge in [-0.15, -0.1) is 0 Å². The minimum absolute atomic E-state index is 0.124. The van der Waals surface area contributed by atoms with E-state index in [2.05, 4.69) is 17.2 Å². The van der Waals surface area contributed by atoms with Crippen molar-refractivity contribution in [2.45, 2.75) is 6.42 Å². The molecule has 0 aliphatic heterocycles. The van der Waals surface area contributed by atoms with E-state index in [0.717, 1.165) is 0 Å². The van der Waals surface area contributed by atoms with Crippen LogP contribution in [0, 0.1) is 5.82 Å². The van der Waals surface area contributed by atoms with Gasteiger partial charge in [-0.05, 0) is 11.6 Å². The first-order valence-electron chi connectivity index (χ1n) is 3.29. The molecule has 1 rings (SSSR count). The van der Waals surface area contributed by atoms with E-state index in [1.165, 1.54) is 6.07 Å². The van der Waals surface area contributed by atoms with Gasteiger partial charge in [0.2, 0.25) is 0 Å². The summed E-state index contributed by atoms with van der Waals surface area (Å²) in [4.78, 5) is 3.79. The zero-order valence-corrected chi connectivity index (χ0v) is 8.68. The highest BCUT2D eigenvalue weighted by Crippen LogP contribution is 2.20. The van der Waals surface area contributed by atoms with E-state index >= 15 is 0 Å². The minimum Gasteiger partial charge on any atom is -0.393 e. The van der Waals surface area contributed by atoms with Gasteiger partial charge in [-0.25, -0.2) is 9.37 Å². The molecule has 13 heavy (non-hydrogen) atoms. The minimum atomic E-state index is -0.627. The van der Waals surface area contributed by atoms with Crippen LogP contribution in [0.3, 0.4) is 0 Å². The molecule has 0 saturated heterocycles. The quantitative estimate of drug-likeness (QED) is 0.636. The van der Waals surface area contributed by atoms with Gasteiger partial charge in [0.25, 0.3) is 0 Å². The molecule has 0 bridgehead atoms. The number of hydrogen-bond donors (Lipinski definition) is 1. The lowest BCUT2D eigenvalue weighted by Gasteiger charge is -2.02. The summed E-state index contributed by atoms with van der Waals surface area (Å²) in [6.07, 6.45) is 0.218. The molecule has 0 unspecified atom stereocenters. The van der Waals surface area contributed by atoms with Crippen molar-refractivity contribution >= 4 is 40.4 Å². The lowest BCUT2D eigenvalue weighted by Crippen LogP contribution is -2.12. The molecule has 0 saturated carbocycles. The van der Waals surface area contributed by atoms with Crippen LogP contribution in [-0.4, -0.2) is 9.97 Å². The molecule has 1 aromatic rings. The predicted octanol–water partition coefficient (Wildman–Crippen LogP) is 2.36. The van der Waals surface area contributed by atoms with Crippen molar-refractivity contribution in [3.8, 4) is 0 Å². The largest absolute Gasteiger partial charge is 0.393 e. The van der Waals surface area contributed by atoms with Gasteiger partial charge in [0.05, 0.1) is 4.99 Å². The van der Waals surface area contributed by atoms with Gasteiger partial charge in [0.1, 0.15) is 5.15 Å². The molecule has 2 nitrogen and oxygen atoms in total. The van der Waals surface area contributed by atoms with Crippen LogP contribution in [0.15, 0.2) is 6.07 Å². The normalized spacial score (nSPS) is 10.1. The highest BCUT2D eigenvalue weighted by atomic mass is 35.5. The Morgan fingerprint density at radius 1 is 1.54 bits per heavy atom. The fourth-order valence-electron chi connectivity index (χ4n) is 0.795. The third kappa shape index (κ3) is 2.76. The van der Waals surface area contributed by atoms with Crippen LogP contribution in [0.4, 0.5) is 4.39 Å². The van der Waals surface area contributed by atoms with Gasteiger partial charge in [0, 0.05) is 6.42 Å². The molecule has 0 amide bonds. The van der Waals surface area contributed by atoms with E-state index in [1.54, 1.807) is 0 Å². The average molecular weight is 239 g/mol. The van der Waals surface area contributed by atoms with Crippen molar-refractivity contribution in [1.82, 2.24) is 4.98 Å². The van der Waals surface area contributed by atoms with Crippen LogP contribution in [0.5, 0.6) is 0 Å². The Kier molecular flexibility index (Phi) is 3.41. The lowest BCUT2D eigenvalue weighted by atomic mass is 10.2. The number of nitrogens with two attached hydrogens (primary N) is 1. The fraction of sp³-hybridized carbons (Fsp3) is 0.143. The highest BCUT2D eigenvalue weighted by Gasteiger charge is 2.09. The number of hydrogen-bond acceptors (Lipinski definition) is 2. The van der Waals surface area contributed by atoms with E-state index in [0.29, 0.717) is 5.56 Å². The Morgan fingerprint density at radius 3 is 2.69 bits per heavy atom. The zero-order chi connectivity index (χ0) is 10.0. The number of rotatable bonds is 2. The summed E-state index contributed by atoms with van der Waals surface area (Å²) in [5.41, 5.74) is 5.71. The van der Waals surface area contributed by atoms with E-state index in [-0.39, 0.29) is 21.7 Å². The van der Waals surface area contributed by atoms with Crippen LogP contribution in [-0.2, 0) is 6.42 Å². The van der Waals surface area contributed by atoms with Crippen molar-refractivity contribution < 1.29 is 4.39 Å². The number of nitrogens with zero attached hydrogens (tertiary/aromatic N) is 1. The molecule has 0 radical (unpaired) electrons. The summed E-state index contributed by atoms with van der Waals surface area (Å²) in [7, 11) is 0. The van der Waals surface area contributed by atoms with Crippen molar-refractivity contribution in [2.24, 2.45) is 5.73 Å². The molecule has 0 atom stereocenters. The summed E-state index contributed by atoms with van der Waals surface area (Å²) in [6, 6.07) is 1.18. The SMILES string of the molecule is NC(=S)Cc1cc(F)c(Cl)nc1Cl. The average Bonchev–Trinajstić information content (AvgIpc) is 1.99. The Hall–Kier alpha value is -0.450. The van der Waals surface area contributed by atoms with Crippen molar-refractivity contribution in [3.63, 3.8) is 0 Å². The molecule has 0 aliphatic rings. The van der Waals surface area contributed by atoms with Crippen LogP contribution < -0.4 is 5.73 Å². The molecule has 0 aliphatic carbocycles. The van der Waals surface area contributed by atoms with E-state index in [4.69, 9.17) is 28.9 Å². The molecule has 0 spiro atoms. The summed E-state index contributed by atoms with van der Waals surface area (Å²) in [5, 5.41) is -0.129. The van der Waals surface area contributed by atoms with Crippen LogP contribution in [0.25, 0.3) is 0 Å². The maximum atomic E-state index is 12.9. The third-order valence-electron chi connectivity index (χ3n) is 1.32. The molecule has 70 valence electrons. The Morgan fingerprint density at radius 2 is 2.15 bits per heavy atom. The first-order chi connectivity index (χ1) is 6.00. The number of aromatic nitrogens is 1. The van der Waals surface area contributed by atoms with Crippen LogP contribution in [0.2, 0.25) is 10.3 Å². The third-order valence-corrected chi connectivity index (χ3v) is 2.06. The molecular formula is C7H5Cl2FN2S. The number of thiocarbonyl (C=S) groups is 1. The van der Waals surface area contributed by atoms with Crippen LogP contribution in [0.1, 0.15) is 5.56 Å².